The smallest absolute Gasteiger partial charge is 0.417 e. The molecule has 4 nitrogen and oxygen atoms in total. The van der Waals surface area contributed by atoms with Gasteiger partial charge < -0.3 is 4.74 Å². The highest BCUT2D eigenvalue weighted by Crippen LogP contribution is 2.49. The minimum atomic E-state index is -0.595. The Hall–Kier alpha value is -1.58. The van der Waals surface area contributed by atoms with E-state index in [9.17, 15) is 9.59 Å². The zero-order valence-corrected chi connectivity index (χ0v) is 11.8. The number of β-lactam (4-membered cyclic amide) rings is 1. The normalized spacial score (nSPS) is 33.4. The lowest BCUT2D eigenvalue weighted by Gasteiger charge is -2.44. The van der Waals surface area contributed by atoms with Crippen molar-refractivity contribution in [3.63, 3.8) is 0 Å². The highest BCUT2D eigenvalue weighted by Gasteiger charge is 2.60. The summed E-state index contributed by atoms with van der Waals surface area (Å²) in [5.74, 6) is -0.000997. The molecule has 4 heteroatoms. The maximum Gasteiger partial charge on any atom is 0.417 e. The van der Waals surface area contributed by atoms with Crippen molar-refractivity contribution < 1.29 is 14.3 Å². The number of amides is 2. The lowest BCUT2D eigenvalue weighted by atomic mass is 9.83. The van der Waals surface area contributed by atoms with Gasteiger partial charge in [-0.25, -0.2) is 9.69 Å². The second-order valence-electron chi connectivity index (χ2n) is 6.24. The monoisotopic (exact) mass is 263 g/mol. The van der Waals surface area contributed by atoms with E-state index in [1.807, 2.05) is 12.2 Å². The van der Waals surface area contributed by atoms with Crippen molar-refractivity contribution in [3.8, 4) is 0 Å². The molecule has 0 aromatic carbocycles. The van der Waals surface area contributed by atoms with Crippen LogP contribution in [-0.4, -0.2) is 28.5 Å². The van der Waals surface area contributed by atoms with Crippen molar-refractivity contribution in [1.29, 1.82) is 0 Å². The molecule has 1 aliphatic heterocycles. The fourth-order valence-electron chi connectivity index (χ4n) is 3.03. The molecule has 2 rings (SSSR count). The number of ether oxygens (including phenoxy) is 1. The molecular weight excluding hydrogens is 242 g/mol. The van der Waals surface area contributed by atoms with E-state index in [0.717, 1.165) is 6.42 Å². The first-order valence-corrected chi connectivity index (χ1v) is 6.61. The van der Waals surface area contributed by atoms with Gasteiger partial charge in [-0.1, -0.05) is 12.2 Å². The van der Waals surface area contributed by atoms with E-state index in [4.69, 9.17) is 4.74 Å². The van der Waals surface area contributed by atoms with Gasteiger partial charge in [-0.3, -0.25) is 4.79 Å². The Morgan fingerprint density at radius 1 is 1.32 bits per heavy atom. The summed E-state index contributed by atoms with van der Waals surface area (Å²) in [7, 11) is 0. The van der Waals surface area contributed by atoms with Gasteiger partial charge in [0.05, 0.1) is 12.0 Å². The topological polar surface area (TPSA) is 46.6 Å². The molecule has 2 aliphatic rings. The lowest BCUT2D eigenvalue weighted by molar-refractivity contribution is -0.154. The first kappa shape index (κ1) is 13.8. The van der Waals surface area contributed by atoms with Crippen LogP contribution in [0.25, 0.3) is 0 Å². The third kappa shape index (κ3) is 2.20. The number of hydrogen-bond acceptors (Lipinski definition) is 3. The summed E-state index contributed by atoms with van der Waals surface area (Å²) >= 11 is 0. The number of rotatable bonds is 2. The maximum absolute atomic E-state index is 12.1. The van der Waals surface area contributed by atoms with Gasteiger partial charge in [-0.15, -0.1) is 13.2 Å². The van der Waals surface area contributed by atoms with E-state index in [-0.39, 0.29) is 29.7 Å². The summed E-state index contributed by atoms with van der Waals surface area (Å²) in [5, 5.41) is 0. The Balaban J connectivity index is 2.17. The van der Waals surface area contributed by atoms with E-state index >= 15 is 0 Å². The Bertz CT molecular complexity index is 435. The number of fused-ring (bicyclic) bond motifs is 1. The first-order chi connectivity index (χ1) is 8.80. The van der Waals surface area contributed by atoms with E-state index < -0.39 is 11.7 Å². The molecule has 0 N–H and O–H groups in total. The Labute approximate surface area is 114 Å². The van der Waals surface area contributed by atoms with Crippen molar-refractivity contribution in [2.75, 3.05) is 0 Å². The van der Waals surface area contributed by atoms with Crippen molar-refractivity contribution >= 4 is 12.0 Å². The molecule has 0 aromatic heterocycles. The quantitative estimate of drug-likeness (QED) is 0.568. The Morgan fingerprint density at radius 2 is 1.89 bits per heavy atom. The number of hydrogen-bond donors (Lipinski definition) is 0. The molecule has 0 unspecified atom stereocenters. The van der Waals surface area contributed by atoms with Crippen LogP contribution in [0.4, 0.5) is 4.79 Å². The van der Waals surface area contributed by atoms with Crippen LogP contribution in [0.2, 0.25) is 0 Å². The number of allylic oxidation sites excluding steroid dienone is 1. The summed E-state index contributed by atoms with van der Waals surface area (Å²) in [5.41, 5.74) is -0.595. The fourth-order valence-corrected chi connectivity index (χ4v) is 3.03. The van der Waals surface area contributed by atoms with Gasteiger partial charge in [0, 0.05) is 0 Å². The summed E-state index contributed by atoms with van der Waals surface area (Å²) in [6, 6.07) is -0.108. The second kappa shape index (κ2) is 4.51. The van der Waals surface area contributed by atoms with E-state index in [2.05, 4.69) is 13.2 Å². The van der Waals surface area contributed by atoms with Crippen molar-refractivity contribution in [2.24, 2.45) is 17.8 Å². The van der Waals surface area contributed by atoms with Gasteiger partial charge in [0.1, 0.15) is 5.60 Å². The lowest BCUT2D eigenvalue weighted by Crippen LogP contribution is -2.64. The number of carbonyl (C=O) groups excluding carboxylic acids is 2. The van der Waals surface area contributed by atoms with Gasteiger partial charge in [-0.05, 0) is 39.0 Å². The van der Waals surface area contributed by atoms with Crippen LogP contribution in [0.1, 0.15) is 27.2 Å². The molecular formula is C15H21NO3. The molecule has 19 heavy (non-hydrogen) atoms. The average Bonchev–Trinajstić information content (AvgIpc) is 2.60. The highest BCUT2D eigenvalue weighted by molar-refractivity contribution is 6.00. The molecule has 0 bridgehead atoms. The molecule has 1 saturated carbocycles. The summed E-state index contributed by atoms with van der Waals surface area (Å²) < 4.78 is 5.29. The predicted octanol–water partition coefficient (Wildman–Crippen LogP) is 2.76. The Morgan fingerprint density at radius 3 is 2.37 bits per heavy atom. The van der Waals surface area contributed by atoms with Crippen molar-refractivity contribution in [1.82, 2.24) is 4.90 Å². The molecule has 1 heterocycles. The zero-order valence-electron chi connectivity index (χ0n) is 11.8. The molecule has 0 radical (unpaired) electrons. The van der Waals surface area contributed by atoms with Gasteiger partial charge in [0.2, 0.25) is 5.91 Å². The van der Waals surface area contributed by atoms with E-state index in [1.165, 1.54) is 4.90 Å². The molecule has 1 aliphatic carbocycles. The number of imide groups is 1. The SMILES string of the molecule is C=C[C@@H]1C[C@H](C=C)[C@H]2C(=O)N(C(=O)OC(C)(C)C)[C@H]21. The largest absolute Gasteiger partial charge is 0.443 e. The van der Waals surface area contributed by atoms with Crippen LogP contribution < -0.4 is 0 Å². The molecule has 0 spiro atoms. The third-order valence-corrected chi connectivity index (χ3v) is 3.83. The first-order valence-electron chi connectivity index (χ1n) is 6.61. The predicted molar refractivity (Wildman–Crippen MR) is 72.3 cm³/mol. The summed E-state index contributed by atoms with van der Waals surface area (Å²) in [6.07, 6.45) is 3.92. The molecule has 104 valence electrons. The van der Waals surface area contributed by atoms with Gasteiger partial charge in [0.25, 0.3) is 0 Å². The number of carbonyl (C=O) groups is 2. The number of nitrogens with zero attached hydrogens (tertiary/aromatic N) is 1. The highest BCUT2D eigenvalue weighted by atomic mass is 16.6. The molecule has 2 fully saturated rings. The fraction of sp³-hybridized carbons (Fsp3) is 0.600. The number of likely N-dealkylation sites (tertiary alicyclic amines) is 1. The van der Waals surface area contributed by atoms with Gasteiger partial charge >= 0.3 is 6.09 Å². The second-order valence-corrected chi connectivity index (χ2v) is 6.24. The average molecular weight is 263 g/mol. The Kier molecular flexibility index (Phi) is 3.29. The zero-order chi connectivity index (χ0) is 14.4. The van der Waals surface area contributed by atoms with Crippen LogP contribution in [0.5, 0.6) is 0 Å². The summed E-state index contributed by atoms with van der Waals surface area (Å²) in [4.78, 5) is 25.5. The maximum atomic E-state index is 12.1. The minimum absolute atomic E-state index is 0.108. The standard InChI is InChI=1S/C15H21NO3/c1-6-9-8-10(7-2)12-11(9)13(17)16(12)14(18)19-15(3,4)5/h6-7,9-12H,1-2,8H2,3-5H3/t9-,10+,11+,12-/m0/s1. The minimum Gasteiger partial charge on any atom is -0.443 e. The van der Waals surface area contributed by atoms with Crippen LogP contribution in [-0.2, 0) is 9.53 Å². The molecule has 2 amide bonds. The van der Waals surface area contributed by atoms with Crippen LogP contribution in [0.3, 0.4) is 0 Å². The van der Waals surface area contributed by atoms with Gasteiger partial charge in [0.15, 0.2) is 0 Å². The molecule has 0 aromatic rings. The molecule has 4 atom stereocenters. The van der Waals surface area contributed by atoms with Crippen molar-refractivity contribution in [2.45, 2.75) is 38.8 Å². The van der Waals surface area contributed by atoms with E-state index in [1.54, 1.807) is 20.8 Å². The van der Waals surface area contributed by atoms with Gasteiger partial charge in [-0.2, -0.15) is 0 Å². The van der Waals surface area contributed by atoms with E-state index in [0.29, 0.717) is 0 Å². The van der Waals surface area contributed by atoms with Crippen LogP contribution in [0, 0.1) is 17.8 Å². The van der Waals surface area contributed by atoms with Crippen molar-refractivity contribution in [3.05, 3.63) is 25.3 Å². The summed E-state index contributed by atoms with van der Waals surface area (Å²) in [6.45, 7) is 12.9. The third-order valence-electron chi connectivity index (χ3n) is 3.83. The van der Waals surface area contributed by atoms with Crippen LogP contribution in [0.15, 0.2) is 25.3 Å². The molecule has 1 saturated heterocycles. The van der Waals surface area contributed by atoms with Crippen LogP contribution >= 0.6 is 0 Å².